The molecule has 3 heteroatoms. The van der Waals surface area contributed by atoms with Gasteiger partial charge in [0.05, 0.1) is 6.04 Å². The monoisotopic (exact) mass is 266 g/mol. The van der Waals surface area contributed by atoms with E-state index in [9.17, 15) is 0 Å². The van der Waals surface area contributed by atoms with Gasteiger partial charge in [-0.1, -0.05) is 25.8 Å². The molecule has 2 nitrogen and oxygen atoms in total. The van der Waals surface area contributed by atoms with E-state index in [-0.39, 0.29) is 6.04 Å². The van der Waals surface area contributed by atoms with Crippen LogP contribution in [0.2, 0.25) is 0 Å². The van der Waals surface area contributed by atoms with Crippen LogP contribution in [0.25, 0.3) is 0 Å². The summed E-state index contributed by atoms with van der Waals surface area (Å²) in [5.74, 6) is 0.864. The van der Waals surface area contributed by atoms with E-state index in [2.05, 4.69) is 43.3 Å². The summed E-state index contributed by atoms with van der Waals surface area (Å²) in [4.78, 5) is 3.94. The zero-order valence-electron chi connectivity index (χ0n) is 11.8. The summed E-state index contributed by atoms with van der Waals surface area (Å²) in [6.45, 7) is 4.51. The van der Waals surface area contributed by atoms with Crippen LogP contribution in [-0.2, 0) is 0 Å². The van der Waals surface area contributed by atoms with Crippen molar-refractivity contribution in [3.63, 3.8) is 0 Å². The van der Waals surface area contributed by atoms with Gasteiger partial charge in [-0.2, -0.15) is 0 Å². The van der Waals surface area contributed by atoms with Crippen LogP contribution in [-0.4, -0.2) is 24.0 Å². The molecule has 0 radical (unpaired) electrons. The second kappa shape index (κ2) is 6.18. The van der Waals surface area contributed by atoms with Gasteiger partial charge >= 0.3 is 0 Å². The SMILES string of the molecule is CC1CCCC(N(C)C(c2cccs2)C(C)N)C1. The maximum atomic E-state index is 6.24. The first-order valence-electron chi connectivity index (χ1n) is 7.10. The summed E-state index contributed by atoms with van der Waals surface area (Å²) in [6.07, 6.45) is 5.42. The fraction of sp³-hybridized carbons (Fsp3) is 0.733. The van der Waals surface area contributed by atoms with Gasteiger partial charge in [0.15, 0.2) is 0 Å². The molecular formula is C15H26N2S. The zero-order chi connectivity index (χ0) is 13.1. The van der Waals surface area contributed by atoms with Crippen LogP contribution in [0.15, 0.2) is 17.5 Å². The molecule has 4 atom stereocenters. The van der Waals surface area contributed by atoms with Gasteiger partial charge in [-0.3, -0.25) is 4.90 Å². The van der Waals surface area contributed by atoms with E-state index in [1.54, 1.807) is 0 Å². The number of nitrogens with zero attached hydrogens (tertiary/aromatic N) is 1. The molecule has 0 spiro atoms. The molecule has 1 heterocycles. The van der Waals surface area contributed by atoms with Crippen LogP contribution in [0.5, 0.6) is 0 Å². The standard InChI is InChI=1S/C15H26N2S/c1-11-6-4-7-13(10-11)17(3)15(12(2)16)14-8-5-9-18-14/h5,8-9,11-13,15H,4,6-7,10,16H2,1-3H3. The molecule has 1 fully saturated rings. The highest BCUT2D eigenvalue weighted by Crippen LogP contribution is 2.34. The van der Waals surface area contributed by atoms with Crippen molar-refractivity contribution >= 4 is 11.3 Å². The van der Waals surface area contributed by atoms with E-state index in [4.69, 9.17) is 5.73 Å². The number of hydrogen-bond donors (Lipinski definition) is 1. The third-order valence-corrected chi connectivity index (χ3v) is 5.20. The summed E-state index contributed by atoms with van der Waals surface area (Å²) in [7, 11) is 2.26. The number of thiophene rings is 1. The Hall–Kier alpha value is -0.380. The number of nitrogens with two attached hydrogens (primary N) is 1. The minimum absolute atomic E-state index is 0.186. The molecule has 1 aliphatic carbocycles. The van der Waals surface area contributed by atoms with Crippen molar-refractivity contribution in [1.82, 2.24) is 4.90 Å². The topological polar surface area (TPSA) is 29.3 Å². The fourth-order valence-corrected chi connectivity index (χ4v) is 4.28. The molecule has 1 aromatic heterocycles. The second-order valence-corrected chi connectivity index (χ2v) is 6.89. The Bertz CT molecular complexity index is 347. The van der Waals surface area contributed by atoms with Crippen LogP contribution in [0, 0.1) is 5.92 Å². The summed E-state index contributed by atoms with van der Waals surface area (Å²) in [5, 5.41) is 2.15. The van der Waals surface area contributed by atoms with Gasteiger partial charge in [0, 0.05) is 17.0 Å². The number of likely N-dealkylation sites (N-methyl/N-ethyl adjacent to an activating group) is 1. The molecule has 18 heavy (non-hydrogen) atoms. The maximum absolute atomic E-state index is 6.24. The number of rotatable bonds is 4. The minimum atomic E-state index is 0.186. The van der Waals surface area contributed by atoms with Gasteiger partial charge < -0.3 is 5.73 Å². The third kappa shape index (κ3) is 3.14. The largest absolute Gasteiger partial charge is 0.326 e. The molecule has 0 aromatic carbocycles. The van der Waals surface area contributed by atoms with Crippen molar-refractivity contribution in [1.29, 1.82) is 0 Å². The Balaban J connectivity index is 2.10. The third-order valence-electron chi connectivity index (χ3n) is 4.26. The highest BCUT2D eigenvalue weighted by Gasteiger charge is 2.30. The van der Waals surface area contributed by atoms with E-state index in [1.165, 1.54) is 30.6 Å². The molecule has 2 N–H and O–H groups in total. The lowest BCUT2D eigenvalue weighted by atomic mass is 9.85. The lowest BCUT2D eigenvalue weighted by molar-refractivity contribution is 0.108. The first kappa shape index (κ1) is 14.0. The smallest absolute Gasteiger partial charge is 0.0590 e. The molecule has 4 unspecified atom stereocenters. The Labute approximate surface area is 115 Å². The average Bonchev–Trinajstić information content (AvgIpc) is 2.82. The molecule has 1 aromatic rings. The Morgan fingerprint density at radius 2 is 2.22 bits per heavy atom. The Morgan fingerprint density at radius 1 is 1.44 bits per heavy atom. The van der Waals surface area contributed by atoms with Gasteiger partial charge in [-0.25, -0.2) is 0 Å². The molecule has 0 aliphatic heterocycles. The molecule has 2 rings (SSSR count). The Kier molecular flexibility index (Phi) is 4.82. The van der Waals surface area contributed by atoms with Gasteiger partial charge in [0.25, 0.3) is 0 Å². The van der Waals surface area contributed by atoms with Crippen molar-refractivity contribution in [2.75, 3.05) is 7.05 Å². The van der Waals surface area contributed by atoms with Gasteiger partial charge in [-0.05, 0) is 44.2 Å². The van der Waals surface area contributed by atoms with Crippen LogP contribution < -0.4 is 5.73 Å². The van der Waals surface area contributed by atoms with Gasteiger partial charge in [0.2, 0.25) is 0 Å². The van der Waals surface area contributed by atoms with Crippen molar-refractivity contribution < 1.29 is 0 Å². The van der Waals surface area contributed by atoms with Crippen molar-refractivity contribution in [2.45, 2.75) is 57.7 Å². The van der Waals surface area contributed by atoms with Gasteiger partial charge in [0.1, 0.15) is 0 Å². The highest BCUT2D eigenvalue weighted by atomic mass is 32.1. The molecule has 0 bridgehead atoms. The zero-order valence-corrected chi connectivity index (χ0v) is 12.6. The van der Waals surface area contributed by atoms with Crippen LogP contribution in [0.3, 0.4) is 0 Å². The lowest BCUT2D eigenvalue weighted by Crippen LogP contribution is -2.44. The number of hydrogen-bond acceptors (Lipinski definition) is 3. The minimum Gasteiger partial charge on any atom is -0.326 e. The predicted octanol–water partition coefficient (Wildman–Crippen LogP) is 3.65. The maximum Gasteiger partial charge on any atom is 0.0590 e. The normalized spacial score (nSPS) is 28.3. The lowest BCUT2D eigenvalue weighted by Gasteiger charge is -2.40. The highest BCUT2D eigenvalue weighted by molar-refractivity contribution is 7.10. The molecule has 1 aliphatic rings. The summed E-state index contributed by atoms with van der Waals surface area (Å²) < 4.78 is 0. The van der Waals surface area contributed by atoms with Crippen molar-refractivity contribution in [3.8, 4) is 0 Å². The molecule has 1 saturated carbocycles. The van der Waals surface area contributed by atoms with E-state index in [0.29, 0.717) is 12.1 Å². The summed E-state index contributed by atoms with van der Waals surface area (Å²) in [6, 6.07) is 5.62. The van der Waals surface area contributed by atoms with Crippen molar-refractivity contribution in [3.05, 3.63) is 22.4 Å². The van der Waals surface area contributed by atoms with Crippen LogP contribution >= 0.6 is 11.3 Å². The summed E-state index contributed by atoms with van der Waals surface area (Å²) >= 11 is 1.83. The van der Waals surface area contributed by atoms with E-state index in [1.807, 2.05) is 11.3 Å². The first-order valence-corrected chi connectivity index (χ1v) is 7.98. The van der Waals surface area contributed by atoms with E-state index >= 15 is 0 Å². The molecule has 0 amide bonds. The van der Waals surface area contributed by atoms with E-state index in [0.717, 1.165) is 5.92 Å². The fourth-order valence-electron chi connectivity index (χ4n) is 3.29. The first-order chi connectivity index (χ1) is 8.59. The van der Waals surface area contributed by atoms with Gasteiger partial charge in [-0.15, -0.1) is 11.3 Å². The molecular weight excluding hydrogens is 240 g/mol. The average molecular weight is 266 g/mol. The summed E-state index contributed by atoms with van der Waals surface area (Å²) in [5.41, 5.74) is 6.24. The second-order valence-electron chi connectivity index (χ2n) is 5.91. The van der Waals surface area contributed by atoms with Crippen molar-refractivity contribution in [2.24, 2.45) is 11.7 Å². The quantitative estimate of drug-likeness (QED) is 0.901. The van der Waals surface area contributed by atoms with E-state index < -0.39 is 0 Å². The molecule has 0 saturated heterocycles. The van der Waals surface area contributed by atoms with Crippen LogP contribution in [0.1, 0.15) is 50.4 Å². The Morgan fingerprint density at radius 3 is 2.78 bits per heavy atom. The predicted molar refractivity (Wildman–Crippen MR) is 79.9 cm³/mol. The van der Waals surface area contributed by atoms with Crippen LogP contribution in [0.4, 0.5) is 0 Å². The molecule has 102 valence electrons.